The van der Waals surface area contributed by atoms with E-state index in [0.29, 0.717) is 4.47 Å². The van der Waals surface area contributed by atoms with Crippen LogP contribution in [0.1, 0.15) is 5.56 Å². The van der Waals surface area contributed by atoms with Crippen LogP contribution in [0.3, 0.4) is 0 Å². The number of nitrogens with zero attached hydrogens (tertiary/aromatic N) is 1. The predicted molar refractivity (Wildman–Crippen MR) is 69.7 cm³/mol. The number of nitrogens with one attached hydrogen (secondary N) is 2. The molecular weight excluding hydrogens is 345 g/mol. The highest BCUT2D eigenvalue weighted by atomic mass is 79.9. The minimum Gasteiger partial charge on any atom is -0.409 e. The van der Waals surface area contributed by atoms with Crippen molar-refractivity contribution >= 4 is 33.5 Å². The maximum absolute atomic E-state index is 12.0. The number of halogens is 4. The van der Waals surface area contributed by atoms with Crippen LogP contribution in [-0.4, -0.2) is 29.8 Å². The summed E-state index contributed by atoms with van der Waals surface area (Å²) < 4.78 is 36.4. The molecule has 10 heteroatoms. The second kappa shape index (κ2) is 6.46. The van der Waals surface area contributed by atoms with E-state index in [0.717, 1.165) is 0 Å². The van der Waals surface area contributed by atoms with E-state index in [1.54, 1.807) is 11.4 Å². The van der Waals surface area contributed by atoms with Crippen LogP contribution in [-0.2, 0) is 0 Å². The van der Waals surface area contributed by atoms with Gasteiger partial charge in [0, 0.05) is 10.0 Å². The van der Waals surface area contributed by atoms with E-state index in [-0.39, 0.29) is 17.1 Å². The fourth-order valence-electron chi connectivity index (χ4n) is 1.24. The third-order valence-corrected chi connectivity index (χ3v) is 2.56. The van der Waals surface area contributed by atoms with E-state index in [4.69, 9.17) is 10.9 Å². The maximum Gasteiger partial charge on any atom is 0.405 e. The molecule has 0 aliphatic heterocycles. The Morgan fingerprint density at radius 1 is 1.45 bits per heavy atom. The van der Waals surface area contributed by atoms with E-state index in [2.05, 4.69) is 26.4 Å². The molecule has 0 fully saturated rings. The lowest BCUT2D eigenvalue weighted by molar-refractivity contribution is -0.122. The van der Waals surface area contributed by atoms with Gasteiger partial charge in [-0.2, -0.15) is 13.2 Å². The van der Waals surface area contributed by atoms with Gasteiger partial charge in [0.15, 0.2) is 5.84 Å². The normalized spacial score (nSPS) is 12.1. The first-order chi connectivity index (χ1) is 9.23. The molecule has 0 saturated carbocycles. The molecule has 0 atom stereocenters. The van der Waals surface area contributed by atoms with Crippen LogP contribution in [0.2, 0.25) is 0 Å². The van der Waals surface area contributed by atoms with E-state index >= 15 is 0 Å². The first kappa shape index (κ1) is 16.1. The largest absolute Gasteiger partial charge is 0.409 e. The quantitative estimate of drug-likeness (QED) is 0.290. The van der Waals surface area contributed by atoms with Gasteiger partial charge >= 0.3 is 12.2 Å². The Morgan fingerprint density at radius 2 is 2.10 bits per heavy atom. The SMILES string of the molecule is N/C(=N/O)c1ccc(Br)cc1NC(=O)NCC(F)(F)F. The minimum absolute atomic E-state index is 0.0920. The number of hydrogen-bond donors (Lipinski definition) is 4. The zero-order valence-electron chi connectivity index (χ0n) is 9.83. The Bertz CT molecular complexity index is 534. The van der Waals surface area contributed by atoms with Crippen molar-refractivity contribution in [1.29, 1.82) is 0 Å². The number of rotatable bonds is 3. The number of benzene rings is 1. The number of urea groups is 1. The molecule has 1 aromatic rings. The van der Waals surface area contributed by atoms with Crippen molar-refractivity contribution in [2.45, 2.75) is 6.18 Å². The van der Waals surface area contributed by atoms with Crippen LogP contribution in [0.5, 0.6) is 0 Å². The summed E-state index contributed by atoms with van der Waals surface area (Å²) >= 11 is 3.13. The second-order valence-corrected chi connectivity index (χ2v) is 4.51. The number of oxime groups is 1. The van der Waals surface area contributed by atoms with Gasteiger partial charge in [-0.25, -0.2) is 4.79 Å². The number of hydrogen-bond acceptors (Lipinski definition) is 3. The standard InChI is InChI=1S/C10H10BrF3N4O2/c11-5-1-2-6(8(15)18-20)7(3-5)17-9(19)16-4-10(12,13)14/h1-3,20H,4H2,(H2,15,18)(H2,16,17,19). The van der Waals surface area contributed by atoms with Gasteiger partial charge < -0.3 is 21.6 Å². The number of amidine groups is 1. The molecule has 0 saturated heterocycles. The molecule has 0 aromatic heterocycles. The highest BCUT2D eigenvalue weighted by Crippen LogP contribution is 2.21. The van der Waals surface area contributed by atoms with Crippen LogP contribution in [0.15, 0.2) is 27.8 Å². The molecular formula is C10H10BrF3N4O2. The van der Waals surface area contributed by atoms with E-state index in [1.807, 2.05) is 0 Å². The summed E-state index contributed by atoms with van der Waals surface area (Å²) in [5, 5.41) is 15.2. The first-order valence-electron chi connectivity index (χ1n) is 5.12. The third kappa shape index (κ3) is 4.96. The molecule has 0 bridgehead atoms. The van der Waals surface area contributed by atoms with Crippen molar-refractivity contribution in [3.8, 4) is 0 Å². The molecule has 0 aliphatic carbocycles. The summed E-state index contributed by atoms with van der Waals surface area (Å²) in [7, 11) is 0. The number of anilines is 1. The van der Waals surface area contributed by atoms with Crippen LogP contribution in [0.4, 0.5) is 23.7 Å². The molecule has 1 aromatic carbocycles. The van der Waals surface area contributed by atoms with Crippen LogP contribution < -0.4 is 16.4 Å². The van der Waals surface area contributed by atoms with Crippen LogP contribution in [0.25, 0.3) is 0 Å². The monoisotopic (exact) mass is 354 g/mol. The van der Waals surface area contributed by atoms with Gasteiger partial charge in [-0.1, -0.05) is 21.1 Å². The van der Waals surface area contributed by atoms with Gasteiger partial charge in [0.1, 0.15) is 6.54 Å². The van der Waals surface area contributed by atoms with Gasteiger partial charge in [0.2, 0.25) is 0 Å². The topological polar surface area (TPSA) is 99.7 Å². The van der Waals surface area contributed by atoms with Crippen molar-refractivity contribution in [2.24, 2.45) is 10.9 Å². The molecule has 2 amide bonds. The molecule has 5 N–H and O–H groups in total. The summed E-state index contributed by atoms with van der Waals surface area (Å²) in [5.41, 5.74) is 5.65. The predicted octanol–water partition coefficient (Wildman–Crippen LogP) is 2.23. The Labute approximate surface area is 120 Å². The van der Waals surface area contributed by atoms with Crippen molar-refractivity contribution in [3.63, 3.8) is 0 Å². The molecule has 0 unspecified atom stereocenters. The Hall–Kier alpha value is -1.97. The number of carbonyl (C=O) groups is 1. The zero-order valence-corrected chi connectivity index (χ0v) is 11.4. The Morgan fingerprint density at radius 3 is 2.65 bits per heavy atom. The summed E-state index contributed by atoms with van der Waals surface area (Å²) in [6.45, 7) is -1.47. The minimum atomic E-state index is -4.51. The number of alkyl halides is 3. The highest BCUT2D eigenvalue weighted by molar-refractivity contribution is 9.10. The molecule has 1 rings (SSSR count). The maximum atomic E-state index is 12.0. The van der Waals surface area contributed by atoms with Gasteiger partial charge in [-0.05, 0) is 18.2 Å². The molecule has 0 spiro atoms. The van der Waals surface area contributed by atoms with E-state index < -0.39 is 18.8 Å². The summed E-state index contributed by atoms with van der Waals surface area (Å²) in [6, 6.07) is 3.33. The molecule has 0 heterocycles. The summed E-state index contributed by atoms with van der Waals surface area (Å²) in [5.74, 6) is -0.288. The van der Waals surface area contributed by atoms with E-state index in [1.165, 1.54) is 12.1 Å². The van der Waals surface area contributed by atoms with Crippen molar-refractivity contribution < 1.29 is 23.2 Å². The van der Waals surface area contributed by atoms with Crippen molar-refractivity contribution in [1.82, 2.24) is 5.32 Å². The van der Waals surface area contributed by atoms with Crippen molar-refractivity contribution in [2.75, 3.05) is 11.9 Å². The lowest BCUT2D eigenvalue weighted by Crippen LogP contribution is -2.37. The van der Waals surface area contributed by atoms with Crippen LogP contribution >= 0.6 is 15.9 Å². The third-order valence-electron chi connectivity index (χ3n) is 2.06. The van der Waals surface area contributed by atoms with Gasteiger partial charge in [0.05, 0.1) is 5.69 Å². The zero-order chi connectivity index (χ0) is 15.3. The summed E-state index contributed by atoms with van der Waals surface area (Å²) in [4.78, 5) is 11.4. The molecule has 110 valence electrons. The molecule has 6 nitrogen and oxygen atoms in total. The van der Waals surface area contributed by atoms with Crippen LogP contribution in [0, 0.1) is 0 Å². The molecule has 20 heavy (non-hydrogen) atoms. The molecule has 0 aliphatic rings. The fraction of sp³-hybridized carbons (Fsp3) is 0.200. The smallest absolute Gasteiger partial charge is 0.405 e. The Balaban J connectivity index is 2.86. The second-order valence-electron chi connectivity index (χ2n) is 3.60. The fourth-order valence-corrected chi connectivity index (χ4v) is 1.61. The highest BCUT2D eigenvalue weighted by Gasteiger charge is 2.27. The van der Waals surface area contributed by atoms with Gasteiger partial charge in [0.25, 0.3) is 0 Å². The number of nitrogens with two attached hydrogens (primary N) is 1. The lowest BCUT2D eigenvalue weighted by Gasteiger charge is -2.12. The lowest BCUT2D eigenvalue weighted by atomic mass is 10.1. The first-order valence-corrected chi connectivity index (χ1v) is 5.91. The van der Waals surface area contributed by atoms with Crippen molar-refractivity contribution in [3.05, 3.63) is 28.2 Å². The Kier molecular flexibility index (Phi) is 5.19. The van der Waals surface area contributed by atoms with E-state index in [9.17, 15) is 18.0 Å². The summed E-state index contributed by atoms with van der Waals surface area (Å²) in [6.07, 6.45) is -4.51. The van der Waals surface area contributed by atoms with Gasteiger partial charge in [-0.3, -0.25) is 0 Å². The average Bonchev–Trinajstić information content (AvgIpc) is 2.35. The van der Waals surface area contributed by atoms with Gasteiger partial charge in [-0.15, -0.1) is 0 Å². The number of carbonyl (C=O) groups excluding carboxylic acids is 1. The number of amides is 2. The molecule has 0 radical (unpaired) electrons. The average molecular weight is 355 g/mol.